The minimum atomic E-state index is -0.0803. The topological polar surface area (TPSA) is 8.17 Å². The van der Waals surface area contributed by atoms with E-state index < -0.39 is 0 Å². The predicted molar refractivity (Wildman–Crippen MR) is 216 cm³/mol. The summed E-state index contributed by atoms with van der Waals surface area (Å²) >= 11 is 0. The molecule has 0 saturated heterocycles. The number of fused-ring (bicyclic) bond motifs is 7. The maximum absolute atomic E-state index is 2.42. The van der Waals surface area contributed by atoms with Crippen molar-refractivity contribution in [3.8, 4) is 27.9 Å². The van der Waals surface area contributed by atoms with E-state index in [2.05, 4.69) is 205 Å². The summed E-state index contributed by atoms with van der Waals surface area (Å²) in [7, 11) is 0. The molecule has 2 heteroatoms. The molecule has 0 unspecified atom stereocenters. The van der Waals surface area contributed by atoms with Gasteiger partial charge in [-0.25, -0.2) is 0 Å². The van der Waals surface area contributed by atoms with E-state index in [1.807, 2.05) is 0 Å². The van der Waals surface area contributed by atoms with Gasteiger partial charge in [0.05, 0.1) is 11.0 Å². The van der Waals surface area contributed by atoms with Crippen molar-refractivity contribution in [1.82, 2.24) is 4.57 Å². The molecule has 0 fully saturated rings. The van der Waals surface area contributed by atoms with Gasteiger partial charge in [-0.1, -0.05) is 129 Å². The third-order valence-corrected chi connectivity index (χ3v) is 10.9. The third kappa shape index (κ3) is 4.64. The molecule has 242 valence electrons. The van der Waals surface area contributed by atoms with Crippen LogP contribution < -0.4 is 4.90 Å². The molecule has 2 nitrogen and oxygen atoms in total. The summed E-state index contributed by atoms with van der Waals surface area (Å²) in [6, 6.07) is 66.7. The van der Waals surface area contributed by atoms with Crippen molar-refractivity contribution in [2.75, 3.05) is 4.90 Å². The van der Waals surface area contributed by atoms with Gasteiger partial charge >= 0.3 is 0 Å². The minimum absolute atomic E-state index is 0.0803. The summed E-state index contributed by atoms with van der Waals surface area (Å²) in [4.78, 5) is 2.41. The van der Waals surface area contributed by atoms with Crippen molar-refractivity contribution in [2.24, 2.45) is 0 Å². The molecule has 9 aromatic rings. The fourth-order valence-corrected chi connectivity index (χ4v) is 8.43. The lowest BCUT2D eigenvalue weighted by Crippen LogP contribution is -2.16. The number of rotatable bonds is 5. The van der Waals surface area contributed by atoms with Gasteiger partial charge in [-0.05, 0) is 111 Å². The Morgan fingerprint density at radius 3 is 2.00 bits per heavy atom. The molecule has 0 N–H and O–H groups in total. The Bertz CT molecular complexity index is 2790. The largest absolute Gasteiger partial charge is 0.310 e. The van der Waals surface area contributed by atoms with Crippen LogP contribution in [0.15, 0.2) is 182 Å². The van der Waals surface area contributed by atoms with E-state index in [4.69, 9.17) is 0 Å². The summed E-state index contributed by atoms with van der Waals surface area (Å²) < 4.78 is 2.42. The molecular formula is C49H36N2. The summed E-state index contributed by atoms with van der Waals surface area (Å²) in [5.74, 6) is 0. The standard InChI is InChI=1S/C49H36N2/c1-49(2)45-21-10-8-19-41(45)42-27-25-40(32-46(42)49)50(37-16-4-3-5-17-37)39-26-28-48-44(31-39)43-20-9-11-22-47(43)51(48)38-18-12-15-35(30-38)36-24-23-33-13-6-7-14-34(33)29-36/h3-32H,1-2H3. The van der Waals surface area contributed by atoms with Gasteiger partial charge in [0.25, 0.3) is 0 Å². The van der Waals surface area contributed by atoms with E-state index in [9.17, 15) is 0 Å². The summed E-state index contributed by atoms with van der Waals surface area (Å²) in [6.45, 7) is 4.70. The molecule has 0 spiro atoms. The Morgan fingerprint density at radius 2 is 1.10 bits per heavy atom. The average molecular weight is 653 g/mol. The van der Waals surface area contributed by atoms with Crippen LogP contribution in [0.4, 0.5) is 17.1 Å². The first-order chi connectivity index (χ1) is 25.0. The minimum Gasteiger partial charge on any atom is -0.310 e. The van der Waals surface area contributed by atoms with E-state index in [1.54, 1.807) is 0 Å². The molecule has 0 radical (unpaired) electrons. The number of hydrogen-bond donors (Lipinski definition) is 0. The number of anilines is 3. The summed E-state index contributed by atoms with van der Waals surface area (Å²) in [5.41, 5.74) is 14.7. The first-order valence-corrected chi connectivity index (χ1v) is 17.8. The number of benzene rings is 8. The lowest BCUT2D eigenvalue weighted by Gasteiger charge is -2.28. The molecule has 51 heavy (non-hydrogen) atoms. The van der Waals surface area contributed by atoms with Crippen LogP contribution in [0.25, 0.3) is 60.5 Å². The van der Waals surface area contributed by atoms with Gasteiger partial charge in [-0.3, -0.25) is 0 Å². The molecule has 1 aliphatic rings. The maximum atomic E-state index is 2.42. The molecule has 0 bridgehead atoms. The molecule has 0 saturated carbocycles. The van der Waals surface area contributed by atoms with Crippen molar-refractivity contribution in [3.63, 3.8) is 0 Å². The van der Waals surface area contributed by atoms with Crippen LogP contribution in [0.2, 0.25) is 0 Å². The predicted octanol–water partition coefficient (Wildman–Crippen LogP) is 13.4. The normalized spacial score (nSPS) is 13.1. The highest BCUT2D eigenvalue weighted by Crippen LogP contribution is 2.51. The molecule has 0 atom stereocenters. The second-order valence-corrected chi connectivity index (χ2v) is 14.2. The number of para-hydroxylation sites is 2. The maximum Gasteiger partial charge on any atom is 0.0542 e. The van der Waals surface area contributed by atoms with E-state index in [-0.39, 0.29) is 5.41 Å². The molecule has 8 aromatic carbocycles. The lowest BCUT2D eigenvalue weighted by molar-refractivity contribution is 0.660. The highest BCUT2D eigenvalue weighted by atomic mass is 15.1. The number of nitrogens with zero attached hydrogens (tertiary/aromatic N) is 2. The van der Waals surface area contributed by atoms with Crippen LogP contribution >= 0.6 is 0 Å². The first-order valence-electron chi connectivity index (χ1n) is 17.8. The van der Waals surface area contributed by atoms with Crippen molar-refractivity contribution >= 4 is 49.6 Å². The Hall–Kier alpha value is -6.38. The molecule has 1 heterocycles. The fourth-order valence-electron chi connectivity index (χ4n) is 8.43. The number of aromatic nitrogens is 1. The van der Waals surface area contributed by atoms with Gasteiger partial charge in [0, 0.05) is 38.9 Å². The second-order valence-electron chi connectivity index (χ2n) is 14.2. The molecule has 1 aliphatic carbocycles. The van der Waals surface area contributed by atoms with Crippen molar-refractivity contribution in [3.05, 3.63) is 193 Å². The van der Waals surface area contributed by atoms with Crippen LogP contribution in [0.1, 0.15) is 25.0 Å². The van der Waals surface area contributed by atoms with Gasteiger partial charge < -0.3 is 9.47 Å². The van der Waals surface area contributed by atoms with Gasteiger partial charge in [0.1, 0.15) is 0 Å². The SMILES string of the molecule is CC1(C)c2ccccc2-c2ccc(N(c3ccccc3)c3ccc4c(c3)c3ccccc3n4-c3cccc(-c4ccc5ccccc5c4)c3)cc21. The third-order valence-electron chi connectivity index (χ3n) is 10.9. The Morgan fingerprint density at radius 1 is 0.412 bits per heavy atom. The van der Waals surface area contributed by atoms with Crippen LogP contribution in [0.5, 0.6) is 0 Å². The Kier molecular flexibility index (Phi) is 6.56. The molecule has 0 amide bonds. The van der Waals surface area contributed by atoms with E-state index in [1.165, 1.54) is 66.0 Å². The van der Waals surface area contributed by atoms with Gasteiger partial charge in [-0.2, -0.15) is 0 Å². The van der Waals surface area contributed by atoms with Crippen LogP contribution in [-0.4, -0.2) is 4.57 Å². The number of hydrogen-bond acceptors (Lipinski definition) is 1. The molecule has 0 aliphatic heterocycles. The van der Waals surface area contributed by atoms with Gasteiger partial charge in [0.15, 0.2) is 0 Å². The summed E-state index contributed by atoms with van der Waals surface area (Å²) in [6.07, 6.45) is 0. The van der Waals surface area contributed by atoms with Crippen molar-refractivity contribution in [1.29, 1.82) is 0 Å². The Balaban J connectivity index is 1.13. The van der Waals surface area contributed by atoms with Crippen LogP contribution in [0.3, 0.4) is 0 Å². The zero-order chi connectivity index (χ0) is 34.1. The van der Waals surface area contributed by atoms with Crippen molar-refractivity contribution in [2.45, 2.75) is 19.3 Å². The zero-order valence-electron chi connectivity index (χ0n) is 28.7. The van der Waals surface area contributed by atoms with E-state index >= 15 is 0 Å². The molecule has 10 rings (SSSR count). The van der Waals surface area contributed by atoms with Gasteiger partial charge in [0.2, 0.25) is 0 Å². The lowest BCUT2D eigenvalue weighted by atomic mass is 9.82. The van der Waals surface area contributed by atoms with E-state index in [0.29, 0.717) is 0 Å². The van der Waals surface area contributed by atoms with Crippen LogP contribution in [-0.2, 0) is 5.41 Å². The highest BCUT2D eigenvalue weighted by Gasteiger charge is 2.35. The van der Waals surface area contributed by atoms with Crippen molar-refractivity contribution < 1.29 is 0 Å². The van der Waals surface area contributed by atoms with Crippen LogP contribution in [0, 0.1) is 0 Å². The zero-order valence-corrected chi connectivity index (χ0v) is 28.7. The summed E-state index contributed by atoms with van der Waals surface area (Å²) in [5, 5.41) is 4.98. The van der Waals surface area contributed by atoms with E-state index in [0.717, 1.165) is 22.7 Å². The molecular weight excluding hydrogens is 617 g/mol. The monoisotopic (exact) mass is 652 g/mol. The fraction of sp³-hybridized carbons (Fsp3) is 0.0612. The smallest absolute Gasteiger partial charge is 0.0542 e. The average Bonchev–Trinajstić information content (AvgIpc) is 3.63. The second kappa shape index (κ2) is 11.3. The molecule has 1 aromatic heterocycles. The highest BCUT2D eigenvalue weighted by molar-refractivity contribution is 6.11. The van der Waals surface area contributed by atoms with Gasteiger partial charge in [-0.15, -0.1) is 0 Å². The quantitative estimate of drug-likeness (QED) is 0.180. The Labute approximate surface area is 298 Å². The first kappa shape index (κ1) is 29.5.